The van der Waals surface area contributed by atoms with Gasteiger partial charge in [0.25, 0.3) is 11.4 Å². The number of benzene rings is 1. The van der Waals surface area contributed by atoms with Gasteiger partial charge in [-0.1, -0.05) is 6.92 Å². The Morgan fingerprint density at radius 1 is 1.17 bits per heavy atom. The van der Waals surface area contributed by atoms with Crippen molar-refractivity contribution in [1.29, 1.82) is 0 Å². The van der Waals surface area contributed by atoms with E-state index in [0.29, 0.717) is 18.5 Å². The summed E-state index contributed by atoms with van der Waals surface area (Å²) in [6.07, 6.45) is 1.47. The van der Waals surface area contributed by atoms with Crippen molar-refractivity contribution in [1.82, 2.24) is 5.32 Å². The van der Waals surface area contributed by atoms with Crippen molar-refractivity contribution < 1.29 is 9.85 Å². The molecule has 98 valence electrons. The van der Waals surface area contributed by atoms with Gasteiger partial charge >= 0.3 is 0 Å². The van der Waals surface area contributed by atoms with E-state index in [2.05, 4.69) is 5.32 Å². The van der Waals surface area contributed by atoms with E-state index in [0.717, 1.165) is 19.0 Å². The molecule has 0 aliphatic carbocycles. The highest BCUT2D eigenvalue weighted by Gasteiger charge is 2.18. The summed E-state index contributed by atoms with van der Waals surface area (Å²) in [5.74, 6) is 0. The summed E-state index contributed by atoms with van der Waals surface area (Å²) in [6.45, 7) is 3.49. The molecule has 0 aromatic heterocycles. The maximum atomic E-state index is 10.8. The van der Waals surface area contributed by atoms with Crippen molar-refractivity contribution in [3.05, 3.63) is 44.0 Å². The number of nitro benzene ring substituents is 2. The topological polar surface area (TPSA) is 98.3 Å². The normalized spacial score (nSPS) is 10.3. The van der Waals surface area contributed by atoms with E-state index in [9.17, 15) is 20.2 Å². The molecule has 0 saturated heterocycles. The molecule has 0 aliphatic rings. The van der Waals surface area contributed by atoms with E-state index in [-0.39, 0.29) is 11.4 Å². The lowest BCUT2D eigenvalue weighted by atomic mass is 10.1. The van der Waals surface area contributed by atoms with Crippen molar-refractivity contribution in [2.75, 3.05) is 13.1 Å². The predicted molar refractivity (Wildman–Crippen MR) is 66.6 cm³/mol. The van der Waals surface area contributed by atoms with Crippen LogP contribution < -0.4 is 5.32 Å². The lowest BCUT2D eigenvalue weighted by molar-refractivity contribution is -0.394. The zero-order valence-corrected chi connectivity index (χ0v) is 10.1. The second-order valence-corrected chi connectivity index (χ2v) is 3.83. The first-order chi connectivity index (χ1) is 8.56. The van der Waals surface area contributed by atoms with Gasteiger partial charge < -0.3 is 5.32 Å². The molecule has 7 nitrogen and oxygen atoms in total. The fourth-order valence-electron chi connectivity index (χ4n) is 1.57. The zero-order chi connectivity index (χ0) is 13.5. The average molecular weight is 253 g/mol. The number of rotatable bonds is 7. The van der Waals surface area contributed by atoms with Crippen molar-refractivity contribution in [3.8, 4) is 0 Å². The second kappa shape index (κ2) is 6.65. The van der Waals surface area contributed by atoms with Gasteiger partial charge in [0.15, 0.2) is 0 Å². The molecule has 0 aliphatic heterocycles. The molecule has 0 unspecified atom stereocenters. The van der Waals surface area contributed by atoms with Crippen LogP contribution in [0.4, 0.5) is 11.4 Å². The number of non-ortho nitro benzene ring substituents is 1. The summed E-state index contributed by atoms with van der Waals surface area (Å²) >= 11 is 0. The van der Waals surface area contributed by atoms with Crippen LogP contribution >= 0.6 is 0 Å². The summed E-state index contributed by atoms with van der Waals surface area (Å²) in [5, 5.41) is 24.5. The van der Waals surface area contributed by atoms with Gasteiger partial charge in [-0.25, -0.2) is 0 Å². The average Bonchev–Trinajstić information content (AvgIpc) is 2.34. The maximum Gasteiger partial charge on any atom is 0.279 e. The molecule has 0 bridgehead atoms. The first-order valence-electron chi connectivity index (χ1n) is 5.68. The molecule has 18 heavy (non-hydrogen) atoms. The predicted octanol–water partition coefficient (Wildman–Crippen LogP) is 2.05. The largest absolute Gasteiger partial charge is 0.316 e. The molecule has 0 heterocycles. The van der Waals surface area contributed by atoms with Gasteiger partial charge in [0.1, 0.15) is 0 Å². The molecule has 0 atom stereocenters. The highest BCUT2D eigenvalue weighted by molar-refractivity contribution is 5.49. The van der Waals surface area contributed by atoms with Gasteiger partial charge in [0.2, 0.25) is 0 Å². The summed E-state index contributed by atoms with van der Waals surface area (Å²) in [4.78, 5) is 20.2. The molecule has 0 fully saturated rings. The van der Waals surface area contributed by atoms with Gasteiger partial charge in [-0.15, -0.1) is 0 Å². The number of nitrogens with zero attached hydrogens (tertiary/aromatic N) is 2. The van der Waals surface area contributed by atoms with Gasteiger partial charge in [0, 0.05) is 11.6 Å². The van der Waals surface area contributed by atoms with Crippen LogP contribution in [0.2, 0.25) is 0 Å². The standard InChI is InChI=1S/C11H15N3O4/c1-2-6-12-7-5-9-3-4-10(13(15)16)8-11(9)14(17)18/h3-4,8,12H,2,5-7H2,1H3. The Kier molecular flexibility index (Phi) is 5.19. The third-order valence-electron chi connectivity index (χ3n) is 2.47. The van der Waals surface area contributed by atoms with E-state index in [1.165, 1.54) is 12.1 Å². The van der Waals surface area contributed by atoms with E-state index in [1.54, 1.807) is 0 Å². The zero-order valence-electron chi connectivity index (χ0n) is 10.1. The van der Waals surface area contributed by atoms with Gasteiger partial charge in [-0.2, -0.15) is 0 Å². The van der Waals surface area contributed by atoms with Crippen molar-refractivity contribution in [3.63, 3.8) is 0 Å². The lowest BCUT2D eigenvalue weighted by Gasteiger charge is -2.04. The van der Waals surface area contributed by atoms with E-state index < -0.39 is 9.85 Å². The highest BCUT2D eigenvalue weighted by atomic mass is 16.6. The van der Waals surface area contributed by atoms with E-state index in [1.807, 2.05) is 6.92 Å². The molecule has 0 saturated carbocycles. The summed E-state index contributed by atoms with van der Waals surface area (Å²) < 4.78 is 0. The molecule has 1 aromatic carbocycles. The molecule has 1 aromatic rings. The van der Waals surface area contributed by atoms with Gasteiger partial charge in [0.05, 0.1) is 15.9 Å². The van der Waals surface area contributed by atoms with Gasteiger partial charge in [-0.3, -0.25) is 20.2 Å². The Bertz CT molecular complexity index is 448. The molecule has 1 N–H and O–H groups in total. The quantitative estimate of drug-likeness (QED) is 0.455. The SMILES string of the molecule is CCCNCCc1ccc([N+](=O)[O-])cc1[N+](=O)[O-]. The molecule has 0 amide bonds. The van der Waals surface area contributed by atoms with Crippen LogP contribution in [0.3, 0.4) is 0 Å². The van der Waals surface area contributed by atoms with Gasteiger partial charge in [-0.05, 0) is 32.0 Å². The first-order valence-corrected chi connectivity index (χ1v) is 5.68. The number of hydrogen-bond acceptors (Lipinski definition) is 5. The van der Waals surface area contributed by atoms with E-state index in [4.69, 9.17) is 0 Å². The number of nitrogens with one attached hydrogen (secondary N) is 1. The molecule has 7 heteroatoms. The minimum atomic E-state index is -0.633. The monoisotopic (exact) mass is 253 g/mol. The third kappa shape index (κ3) is 3.77. The highest BCUT2D eigenvalue weighted by Crippen LogP contribution is 2.24. The minimum Gasteiger partial charge on any atom is -0.316 e. The van der Waals surface area contributed by atoms with Crippen LogP contribution in [0.1, 0.15) is 18.9 Å². The Balaban J connectivity index is 2.83. The Morgan fingerprint density at radius 3 is 2.44 bits per heavy atom. The summed E-state index contributed by atoms with van der Waals surface area (Å²) in [7, 11) is 0. The maximum absolute atomic E-state index is 10.8. The lowest BCUT2D eigenvalue weighted by Crippen LogP contribution is -2.18. The fraction of sp³-hybridized carbons (Fsp3) is 0.455. The summed E-state index contributed by atoms with van der Waals surface area (Å²) in [5.41, 5.74) is 0.0590. The van der Waals surface area contributed by atoms with Crippen LogP contribution in [0, 0.1) is 20.2 Å². The van der Waals surface area contributed by atoms with Crippen LogP contribution in [0.25, 0.3) is 0 Å². The molecule has 0 radical (unpaired) electrons. The van der Waals surface area contributed by atoms with E-state index >= 15 is 0 Å². The fourth-order valence-corrected chi connectivity index (χ4v) is 1.57. The van der Waals surface area contributed by atoms with Crippen LogP contribution in [0.5, 0.6) is 0 Å². The minimum absolute atomic E-state index is 0.192. The number of hydrogen-bond donors (Lipinski definition) is 1. The molecule has 1 rings (SSSR count). The van der Waals surface area contributed by atoms with Crippen LogP contribution in [0.15, 0.2) is 18.2 Å². The van der Waals surface area contributed by atoms with Crippen LogP contribution in [-0.2, 0) is 6.42 Å². The Morgan fingerprint density at radius 2 is 1.89 bits per heavy atom. The summed E-state index contributed by atoms with van der Waals surface area (Å²) in [6, 6.07) is 3.75. The van der Waals surface area contributed by atoms with Crippen molar-refractivity contribution in [2.24, 2.45) is 0 Å². The third-order valence-corrected chi connectivity index (χ3v) is 2.47. The smallest absolute Gasteiger partial charge is 0.279 e. The number of nitro groups is 2. The van der Waals surface area contributed by atoms with Crippen molar-refractivity contribution in [2.45, 2.75) is 19.8 Å². The Hall–Kier alpha value is -2.02. The van der Waals surface area contributed by atoms with Crippen molar-refractivity contribution >= 4 is 11.4 Å². The molecular weight excluding hydrogens is 238 g/mol. The van der Waals surface area contributed by atoms with Crippen LogP contribution in [-0.4, -0.2) is 22.9 Å². The molecular formula is C11H15N3O4. The first kappa shape index (κ1) is 14.0. The second-order valence-electron chi connectivity index (χ2n) is 3.83. The molecule has 0 spiro atoms. The Labute approximate surface area is 104 Å².